The number of hydrogen-bond acceptors (Lipinski definition) is 3. The van der Waals surface area contributed by atoms with Gasteiger partial charge in [-0.3, -0.25) is 0 Å². The highest BCUT2D eigenvalue weighted by Gasteiger charge is 2.05. The van der Waals surface area contributed by atoms with Crippen LogP contribution in [0.4, 0.5) is 4.39 Å². The van der Waals surface area contributed by atoms with Crippen molar-refractivity contribution in [3.8, 4) is 5.75 Å². The van der Waals surface area contributed by atoms with Crippen LogP contribution in [-0.4, -0.2) is 16.1 Å². The Morgan fingerprint density at radius 2 is 2.16 bits per heavy atom. The molecule has 1 aromatic carbocycles. The van der Waals surface area contributed by atoms with E-state index in [0.29, 0.717) is 11.3 Å². The van der Waals surface area contributed by atoms with Gasteiger partial charge in [0, 0.05) is 0 Å². The molecule has 19 heavy (non-hydrogen) atoms. The number of halogens is 2. The zero-order chi connectivity index (χ0) is 13.8. The lowest BCUT2D eigenvalue weighted by Crippen LogP contribution is -2.01. The molecular weight excluding hydrogens is 273 g/mol. The summed E-state index contributed by atoms with van der Waals surface area (Å²) in [6, 6.07) is 7.19. The molecule has 1 heterocycles. The predicted molar refractivity (Wildman–Crippen MR) is 66.9 cm³/mol. The fourth-order valence-corrected chi connectivity index (χ4v) is 1.51. The molecule has 2 aromatic rings. The zero-order valence-corrected chi connectivity index (χ0v) is 10.4. The van der Waals surface area contributed by atoms with Gasteiger partial charge in [0.25, 0.3) is 0 Å². The van der Waals surface area contributed by atoms with Crippen LogP contribution in [0.3, 0.4) is 0 Å². The highest BCUT2D eigenvalue weighted by Crippen LogP contribution is 2.17. The van der Waals surface area contributed by atoms with Crippen molar-refractivity contribution in [2.75, 3.05) is 0 Å². The fourth-order valence-electron chi connectivity index (χ4n) is 1.39. The van der Waals surface area contributed by atoms with E-state index in [0.717, 1.165) is 0 Å². The average molecular weight is 282 g/mol. The zero-order valence-electron chi connectivity index (χ0n) is 9.64. The smallest absolute Gasteiger partial charge is 0.354 e. The third-order valence-electron chi connectivity index (χ3n) is 2.34. The quantitative estimate of drug-likeness (QED) is 0.935. The number of carbonyl (C=O) groups is 1. The Hall–Kier alpha value is -2.14. The van der Waals surface area contributed by atoms with Crippen LogP contribution in [0.5, 0.6) is 5.75 Å². The monoisotopic (exact) mass is 281 g/mol. The number of rotatable bonds is 4. The first kappa shape index (κ1) is 13.3. The van der Waals surface area contributed by atoms with Crippen LogP contribution >= 0.6 is 11.6 Å². The van der Waals surface area contributed by atoms with Crippen molar-refractivity contribution < 1.29 is 19.0 Å². The van der Waals surface area contributed by atoms with Gasteiger partial charge in [0.2, 0.25) is 0 Å². The minimum Gasteiger partial charge on any atom is -0.487 e. The van der Waals surface area contributed by atoms with Crippen molar-refractivity contribution in [3.05, 3.63) is 58.6 Å². The molecule has 4 nitrogen and oxygen atoms in total. The molecule has 1 N–H and O–H groups in total. The molecule has 0 radical (unpaired) electrons. The molecule has 0 aliphatic carbocycles. The number of hydrogen-bond donors (Lipinski definition) is 1. The summed E-state index contributed by atoms with van der Waals surface area (Å²) in [4.78, 5) is 14.3. The second-order valence-corrected chi connectivity index (χ2v) is 4.13. The molecular formula is C13H9ClFNO3. The number of carboxylic acids is 1. The molecule has 0 unspecified atom stereocenters. The van der Waals surface area contributed by atoms with Crippen LogP contribution in [0, 0.1) is 5.82 Å². The van der Waals surface area contributed by atoms with E-state index in [1.54, 1.807) is 6.07 Å². The van der Waals surface area contributed by atoms with Crippen molar-refractivity contribution in [2.24, 2.45) is 0 Å². The van der Waals surface area contributed by atoms with Gasteiger partial charge in [-0.05, 0) is 29.8 Å². The van der Waals surface area contributed by atoms with E-state index in [1.807, 2.05) is 0 Å². The number of benzene rings is 1. The maximum atomic E-state index is 13.2. The summed E-state index contributed by atoms with van der Waals surface area (Å²) < 4.78 is 18.5. The molecule has 0 saturated carbocycles. The topological polar surface area (TPSA) is 59.4 Å². The lowest BCUT2D eigenvalue weighted by Gasteiger charge is -2.06. The SMILES string of the molecule is O=C(O)c1ccc(OCc2ccc(Cl)c(F)c2)cn1. The largest absolute Gasteiger partial charge is 0.487 e. The Morgan fingerprint density at radius 3 is 2.74 bits per heavy atom. The van der Waals surface area contributed by atoms with E-state index in [-0.39, 0.29) is 17.3 Å². The Bertz CT molecular complexity index is 601. The van der Waals surface area contributed by atoms with Gasteiger partial charge >= 0.3 is 5.97 Å². The lowest BCUT2D eigenvalue weighted by molar-refractivity contribution is 0.0690. The molecule has 0 aliphatic rings. The Kier molecular flexibility index (Phi) is 3.97. The fraction of sp³-hybridized carbons (Fsp3) is 0.0769. The number of aromatic nitrogens is 1. The maximum Gasteiger partial charge on any atom is 0.354 e. The maximum absolute atomic E-state index is 13.2. The van der Waals surface area contributed by atoms with Crippen molar-refractivity contribution in [2.45, 2.75) is 6.61 Å². The molecule has 0 fully saturated rings. The second-order valence-electron chi connectivity index (χ2n) is 3.72. The molecule has 0 bridgehead atoms. The number of pyridine rings is 1. The van der Waals surface area contributed by atoms with E-state index >= 15 is 0 Å². The van der Waals surface area contributed by atoms with Crippen LogP contribution in [0.2, 0.25) is 5.02 Å². The minimum absolute atomic E-state index is 0.0521. The van der Waals surface area contributed by atoms with Crippen LogP contribution in [0.15, 0.2) is 36.5 Å². The molecule has 0 amide bonds. The van der Waals surface area contributed by atoms with E-state index in [2.05, 4.69) is 4.98 Å². The molecule has 0 atom stereocenters. The highest BCUT2D eigenvalue weighted by molar-refractivity contribution is 6.30. The summed E-state index contributed by atoms with van der Waals surface area (Å²) in [6.45, 7) is 0.141. The summed E-state index contributed by atoms with van der Waals surface area (Å²) in [5.41, 5.74) is 0.550. The van der Waals surface area contributed by atoms with E-state index in [9.17, 15) is 9.18 Å². The summed E-state index contributed by atoms with van der Waals surface area (Å²) >= 11 is 5.56. The van der Waals surface area contributed by atoms with Crippen molar-refractivity contribution in [1.29, 1.82) is 0 Å². The van der Waals surface area contributed by atoms with Gasteiger partial charge in [-0.15, -0.1) is 0 Å². The first-order chi connectivity index (χ1) is 9.06. The van der Waals surface area contributed by atoms with Crippen LogP contribution < -0.4 is 4.74 Å². The Morgan fingerprint density at radius 1 is 1.37 bits per heavy atom. The van der Waals surface area contributed by atoms with Gasteiger partial charge < -0.3 is 9.84 Å². The summed E-state index contributed by atoms with van der Waals surface area (Å²) in [7, 11) is 0. The van der Waals surface area contributed by atoms with Gasteiger partial charge in [-0.2, -0.15) is 0 Å². The Balaban J connectivity index is 2.01. The minimum atomic E-state index is -1.11. The van der Waals surface area contributed by atoms with Gasteiger partial charge in [0.1, 0.15) is 23.9 Å². The summed E-state index contributed by atoms with van der Waals surface area (Å²) in [5, 5.41) is 8.73. The van der Waals surface area contributed by atoms with E-state index < -0.39 is 11.8 Å². The molecule has 0 aliphatic heterocycles. The molecule has 0 saturated heterocycles. The molecule has 0 spiro atoms. The first-order valence-electron chi connectivity index (χ1n) is 5.32. The number of carboxylic acid groups (broad SMARTS) is 1. The third kappa shape index (κ3) is 3.42. The van der Waals surface area contributed by atoms with Crippen LogP contribution in [0.25, 0.3) is 0 Å². The number of nitrogens with zero attached hydrogens (tertiary/aromatic N) is 1. The highest BCUT2D eigenvalue weighted by atomic mass is 35.5. The van der Waals surface area contributed by atoms with Gasteiger partial charge in [-0.25, -0.2) is 14.2 Å². The molecule has 1 aromatic heterocycles. The van der Waals surface area contributed by atoms with E-state index in [1.165, 1.54) is 30.5 Å². The second kappa shape index (κ2) is 5.67. The van der Waals surface area contributed by atoms with Crippen LogP contribution in [-0.2, 0) is 6.61 Å². The predicted octanol–water partition coefficient (Wildman–Crippen LogP) is 3.15. The third-order valence-corrected chi connectivity index (χ3v) is 2.65. The number of ether oxygens (including phenoxy) is 1. The van der Waals surface area contributed by atoms with Crippen molar-refractivity contribution >= 4 is 17.6 Å². The van der Waals surface area contributed by atoms with E-state index in [4.69, 9.17) is 21.4 Å². The summed E-state index contributed by atoms with van der Waals surface area (Å²) in [5.74, 6) is -1.21. The molecule has 2 rings (SSSR count). The lowest BCUT2D eigenvalue weighted by atomic mass is 10.2. The van der Waals surface area contributed by atoms with Crippen LogP contribution in [0.1, 0.15) is 16.1 Å². The van der Waals surface area contributed by atoms with Crippen molar-refractivity contribution in [3.63, 3.8) is 0 Å². The molecule has 6 heteroatoms. The number of aromatic carboxylic acids is 1. The molecule has 98 valence electrons. The Labute approximate surface area is 113 Å². The standard InChI is InChI=1S/C13H9ClFNO3/c14-10-3-1-8(5-11(10)15)7-19-9-2-4-12(13(17)18)16-6-9/h1-6H,7H2,(H,17,18). The normalized spacial score (nSPS) is 10.2. The van der Waals surface area contributed by atoms with Gasteiger partial charge in [-0.1, -0.05) is 17.7 Å². The average Bonchev–Trinajstić information content (AvgIpc) is 2.40. The first-order valence-corrected chi connectivity index (χ1v) is 5.70. The van der Waals surface area contributed by atoms with Gasteiger partial charge in [0.15, 0.2) is 0 Å². The summed E-state index contributed by atoms with van der Waals surface area (Å²) in [6.07, 6.45) is 1.30. The van der Waals surface area contributed by atoms with Gasteiger partial charge in [0.05, 0.1) is 11.2 Å². The van der Waals surface area contributed by atoms with Crippen molar-refractivity contribution in [1.82, 2.24) is 4.98 Å².